The molecule has 88 valence electrons. The Labute approximate surface area is 90.9 Å². The number of hydrogen-bond acceptors (Lipinski definition) is 4. The first-order chi connectivity index (χ1) is 7.02. The van der Waals surface area contributed by atoms with Crippen LogP contribution in [0.25, 0.3) is 0 Å². The zero-order chi connectivity index (χ0) is 11.3. The molecule has 1 saturated heterocycles. The highest BCUT2D eigenvalue weighted by Gasteiger charge is 2.33. The molecule has 1 heterocycles. The summed E-state index contributed by atoms with van der Waals surface area (Å²) in [5.74, 6) is 0.651. The van der Waals surface area contributed by atoms with Gasteiger partial charge in [0.05, 0.1) is 12.0 Å². The first kappa shape index (κ1) is 12.3. The second-order valence-electron chi connectivity index (χ2n) is 4.87. The summed E-state index contributed by atoms with van der Waals surface area (Å²) >= 11 is 0. The second-order valence-corrected chi connectivity index (χ2v) is 4.87. The molecule has 1 aliphatic heterocycles. The third kappa shape index (κ3) is 4.51. The van der Waals surface area contributed by atoms with Crippen molar-refractivity contribution in [2.24, 2.45) is 11.3 Å². The molecular weight excluding hydrogens is 196 g/mol. The van der Waals surface area contributed by atoms with Gasteiger partial charge < -0.3 is 14.2 Å². The van der Waals surface area contributed by atoms with E-state index in [4.69, 9.17) is 14.2 Å². The quantitative estimate of drug-likeness (QED) is 0.522. The van der Waals surface area contributed by atoms with Crippen molar-refractivity contribution in [2.45, 2.75) is 27.2 Å². The van der Waals surface area contributed by atoms with Gasteiger partial charge in [0.2, 0.25) is 0 Å². The zero-order valence-corrected chi connectivity index (χ0v) is 9.75. The number of carbonyl (C=O) groups is 1. The van der Waals surface area contributed by atoms with E-state index in [2.05, 4.69) is 13.8 Å². The number of hydrogen-bond donors (Lipinski definition) is 0. The monoisotopic (exact) mass is 216 g/mol. The second kappa shape index (κ2) is 5.35. The van der Waals surface area contributed by atoms with E-state index in [1.54, 1.807) is 0 Å². The molecule has 15 heavy (non-hydrogen) atoms. The Kier molecular flexibility index (Phi) is 4.39. The largest absolute Gasteiger partial charge is 0.508 e. The molecule has 0 N–H and O–H groups in total. The molecule has 0 bridgehead atoms. The van der Waals surface area contributed by atoms with Crippen LogP contribution >= 0.6 is 0 Å². The van der Waals surface area contributed by atoms with Gasteiger partial charge in [-0.25, -0.2) is 4.79 Å². The van der Waals surface area contributed by atoms with Gasteiger partial charge in [-0.2, -0.15) is 0 Å². The maximum Gasteiger partial charge on any atom is 0.508 e. The van der Waals surface area contributed by atoms with Crippen molar-refractivity contribution in [1.82, 2.24) is 0 Å². The molecule has 0 atom stereocenters. The average Bonchev–Trinajstić information content (AvgIpc) is 2.18. The van der Waals surface area contributed by atoms with Crippen molar-refractivity contribution in [2.75, 3.05) is 26.4 Å². The van der Waals surface area contributed by atoms with Crippen LogP contribution in [0.3, 0.4) is 0 Å². The highest BCUT2D eigenvalue weighted by molar-refractivity contribution is 5.60. The zero-order valence-electron chi connectivity index (χ0n) is 9.75. The van der Waals surface area contributed by atoms with E-state index >= 15 is 0 Å². The van der Waals surface area contributed by atoms with Crippen LogP contribution in [-0.4, -0.2) is 32.6 Å². The van der Waals surface area contributed by atoms with Crippen LogP contribution in [0.2, 0.25) is 0 Å². The van der Waals surface area contributed by atoms with Crippen LogP contribution in [-0.2, 0) is 14.2 Å². The molecule has 0 aromatic rings. The molecule has 1 rings (SSSR count). The SMILES string of the molecule is CC(C)CCOCC1(C)COC(=O)OC1. The first-order valence-electron chi connectivity index (χ1n) is 5.39. The predicted octanol–water partition coefficient (Wildman–Crippen LogP) is 2.22. The fourth-order valence-electron chi connectivity index (χ4n) is 1.27. The van der Waals surface area contributed by atoms with Crippen molar-refractivity contribution >= 4 is 6.16 Å². The smallest absolute Gasteiger partial charge is 0.433 e. The minimum atomic E-state index is -0.574. The minimum absolute atomic E-state index is 0.190. The van der Waals surface area contributed by atoms with Gasteiger partial charge >= 0.3 is 6.16 Å². The van der Waals surface area contributed by atoms with E-state index in [9.17, 15) is 4.79 Å². The maximum atomic E-state index is 10.7. The Bertz CT molecular complexity index is 203. The number of ether oxygens (including phenoxy) is 3. The Morgan fingerprint density at radius 1 is 1.40 bits per heavy atom. The Hall–Kier alpha value is -0.770. The molecule has 0 saturated carbocycles. The predicted molar refractivity (Wildman–Crippen MR) is 55.7 cm³/mol. The van der Waals surface area contributed by atoms with Crippen molar-refractivity contribution in [3.8, 4) is 0 Å². The topological polar surface area (TPSA) is 44.8 Å². The number of cyclic esters (lactones) is 2. The lowest BCUT2D eigenvalue weighted by Gasteiger charge is -2.31. The number of carbonyl (C=O) groups excluding carboxylic acids is 1. The standard InChI is InChI=1S/C11H20O4/c1-9(2)4-5-13-6-11(3)7-14-10(12)15-8-11/h9H,4-8H2,1-3H3. The molecule has 4 heteroatoms. The molecule has 4 nitrogen and oxygen atoms in total. The van der Waals surface area contributed by atoms with Crippen LogP contribution in [0.5, 0.6) is 0 Å². The van der Waals surface area contributed by atoms with Gasteiger partial charge in [-0.1, -0.05) is 20.8 Å². The Balaban J connectivity index is 2.16. The molecule has 0 aromatic heterocycles. The van der Waals surface area contributed by atoms with Crippen molar-refractivity contribution in [3.05, 3.63) is 0 Å². The molecule has 0 aromatic carbocycles. The van der Waals surface area contributed by atoms with Gasteiger partial charge in [0.15, 0.2) is 0 Å². The summed E-state index contributed by atoms with van der Waals surface area (Å²) in [5.41, 5.74) is -0.190. The summed E-state index contributed by atoms with van der Waals surface area (Å²) in [5, 5.41) is 0. The molecule has 0 spiro atoms. The van der Waals surface area contributed by atoms with Crippen molar-refractivity contribution < 1.29 is 19.0 Å². The summed E-state index contributed by atoms with van der Waals surface area (Å²) in [6.07, 6.45) is 0.478. The first-order valence-corrected chi connectivity index (χ1v) is 5.39. The lowest BCUT2D eigenvalue weighted by molar-refractivity contribution is -0.0857. The van der Waals surface area contributed by atoms with E-state index in [-0.39, 0.29) is 5.41 Å². The molecule has 0 radical (unpaired) electrons. The van der Waals surface area contributed by atoms with Gasteiger partial charge in [-0.3, -0.25) is 0 Å². The highest BCUT2D eigenvalue weighted by atomic mass is 16.7. The third-order valence-corrected chi connectivity index (χ3v) is 2.37. The van der Waals surface area contributed by atoms with Gasteiger partial charge in [0, 0.05) is 6.61 Å². The lowest BCUT2D eigenvalue weighted by Crippen LogP contribution is -2.40. The van der Waals surface area contributed by atoms with E-state index in [0.29, 0.717) is 25.7 Å². The van der Waals surface area contributed by atoms with Crippen molar-refractivity contribution in [1.29, 1.82) is 0 Å². The van der Waals surface area contributed by atoms with Gasteiger partial charge in [0.25, 0.3) is 0 Å². The molecule has 0 unspecified atom stereocenters. The molecular formula is C11H20O4. The third-order valence-electron chi connectivity index (χ3n) is 2.37. The van der Waals surface area contributed by atoms with E-state index in [1.165, 1.54) is 0 Å². The molecule has 1 fully saturated rings. The fourth-order valence-corrected chi connectivity index (χ4v) is 1.27. The Morgan fingerprint density at radius 2 is 2.00 bits per heavy atom. The van der Waals surface area contributed by atoms with E-state index in [1.807, 2.05) is 6.92 Å². The summed E-state index contributed by atoms with van der Waals surface area (Å²) in [7, 11) is 0. The summed E-state index contributed by atoms with van der Waals surface area (Å²) in [6.45, 7) is 8.41. The summed E-state index contributed by atoms with van der Waals surface area (Å²) in [4.78, 5) is 10.7. The normalized spacial score (nSPS) is 19.9. The van der Waals surface area contributed by atoms with Crippen LogP contribution in [0.1, 0.15) is 27.2 Å². The molecule has 0 aliphatic carbocycles. The molecule has 0 amide bonds. The summed E-state index contributed by atoms with van der Waals surface area (Å²) < 4.78 is 15.2. The number of rotatable bonds is 5. The minimum Gasteiger partial charge on any atom is -0.433 e. The van der Waals surface area contributed by atoms with E-state index < -0.39 is 6.16 Å². The van der Waals surface area contributed by atoms with Crippen LogP contribution in [0.4, 0.5) is 4.79 Å². The molecule has 1 aliphatic rings. The van der Waals surface area contributed by atoms with Crippen LogP contribution in [0, 0.1) is 11.3 Å². The van der Waals surface area contributed by atoms with Crippen LogP contribution in [0.15, 0.2) is 0 Å². The van der Waals surface area contributed by atoms with Gasteiger partial charge in [-0.15, -0.1) is 0 Å². The average molecular weight is 216 g/mol. The van der Waals surface area contributed by atoms with Gasteiger partial charge in [0.1, 0.15) is 13.2 Å². The Morgan fingerprint density at radius 3 is 2.53 bits per heavy atom. The maximum absolute atomic E-state index is 10.7. The van der Waals surface area contributed by atoms with Gasteiger partial charge in [-0.05, 0) is 12.3 Å². The summed E-state index contributed by atoms with van der Waals surface area (Å²) in [6, 6.07) is 0. The van der Waals surface area contributed by atoms with Crippen LogP contribution < -0.4 is 0 Å². The lowest BCUT2D eigenvalue weighted by atomic mass is 9.94. The van der Waals surface area contributed by atoms with E-state index in [0.717, 1.165) is 13.0 Å². The highest BCUT2D eigenvalue weighted by Crippen LogP contribution is 2.22. The van der Waals surface area contributed by atoms with Crippen molar-refractivity contribution in [3.63, 3.8) is 0 Å². The fraction of sp³-hybridized carbons (Fsp3) is 0.909.